The van der Waals surface area contributed by atoms with Crippen molar-refractivity contribution in [1.29, 1.82) is 0 Å². The Kier molecular flexibility index (Phi) is 10.8. The fraction of sp³-hybridized carbons (Fsp3) is 0.867. The molecule has 1 amide bonds. The Balaban J connectivity index is 4.13. The maximum atomic E-state index is 12.2. The summed E-state index contributed by atoms with van der Waals surface area (Å²) in [6, 6.07) is 0. The van der Waals surface area contributed by atoms with E-state index in [-0.39, 0.29) is 11.7 Å². The second-order valence-electron chi connectivity index (χ2n) is 5.74. The average Bonchev–Trinajstić information content (AvgIpc) is 2.42. The number of carbonyl (C=O) groups is 1. The van der Waals surface area contributed by atoms with E-state index in [0.717, 1.165) is 19.4 Å². The largest absolute Gasteiger partial charge is 0.409 e. The lowest BCUT2D eigenvalue weighted by molar-refractivity contribution is -0.131. The molecule has 0 aliphatic carbocycles. The van der Waals surface area contributed by atoms with Crippen LogP contribution in [0.1, 0.15) is 65.7 Å². The summed E-state index contributed by atoms with van der Waals surface area (Å²) in [7, 11) is 0. The van der Waals surface area contributed by atoms with Gasteiger partial charge in [-0.1, -0.05) is 51.6 Å². The summed E-state index contributed by atoms with van der Waals surface area (Å²) in [6.45, 7) is 7.62. The van der Waals surface area contributed by atoms with Crippen molar-refractivity contribution in [2.75, 3.05) is 13.1 Å². The molecular formula is C15H31N3O2. The molecule has 0 aromatic carbocycles. The van der Waals surface area contributed by atoms with E-state index in [1.807, 2.05) is 4.90 Å². The lowest BCUT2D eigenvalue weighted by Crippen LogP contribution is -2.36. The molecule has 0 rings (SSSR count). The van der Waals surface area contributed by atoms with Crippen LogP contribution in [0.3, 0.4) is 0 Å². The molecule has 3 N–H and O–H groups in total. The fourth-order valence-corrected chi connectivity index (χ4v) is 2.10. The molecule has 0 aromatic heterocycles. The molecule has 0 aliphatic rings. The van der Waals surface area contributed by atoms with Crippen molar-refractivity contribution in [2.24, 2.45) is 16.8 Å². The molecule has 0 atom stereocenters. The van der Waals surface area contributed by atoms with Crippen LogP contribution in [0.15, 0.2) is 5.16 Å². The number of unbranched alkanes of at least 4 members (excludes halogenated alkanes) is 4. The van der Waals surface area contributed by atoms with Crippen molar-refractivity contribution in [3.8, 4) is 0 Å². The van der Waals surface area contributed by atoms with Crippen LogP contribution in [0.25, 0.3) is 0 Å². The van der Waals surface area contributed by atoms with Gasteiger partial charge >= 0.3 is 0 Å². The third-order valence-electron chi connectivity index (χ3n) is 3.20. The van der Waals surface area contributed by atoms with Gasteiger partial charge in [0.2, 0.25) is 5.91 Å². The van der Waals surface area contributed by atoms with Gasteiger partial charge in [-0.2, -0.15) is 0 Å². The Labute approximate surface area is 123 Å². The van der Waals surface area contributed by atoms with E-state index in [1.165, 1.54) is 19.3 Å². The van der Waals surface area contributed by atoms with Crippen LogP contribution in [0, 0.1) is 5.92 Å². The van der Waals surface area contributed by atoms with Gasteiger partial charge in [0.1, 0.15) is 5.84 Å². The van der Waals surface area contributed by atoms with E-state index in [1.54, 1.807) is 0 Å². The molecular weight excluding hydrogens is 254 g/mol. The van der Waals surface area contributed by atoms with Crippen molar-refractivity contribution in [3.05, 3.63) is 0 Å². The van der Waals surface area contributed by atoms with Gasteiger partial charge in [-0.15, -0.1) is 0 Å². The normalized spacial score (nSPS) is 11.9. The predicted molar refractivity (Wildman–Crippen MR) is 82.8 cm³/mol. The molecule has 118 valence electrons. The van der Waals surface area contributed by atoms with Crippen molar-refractivity contribution in [2.45, 2.75) is 65.7 Å². The van der Waals surface area contributed by atoms with Crippen molar-refractivity contribution in [3.63, 3.8) is 0 Å². The molecule has 20 heavy (non-hydrogen) atoms. The first-order valence-corrected chi connectivity index (χ1v) is 7.75. The number of carbonyl (C=O) groups excluding carboxylic acids is 1. The maximum absolute atomic E-state index is 12.2. The molecule has 0 bridgehead atoms. The smallest absolute Gasteiger partial charge is 0.222 e. The zero-order chi connectivity index (χ0) is 15.4. The number of rotatable bonds is 11. The number of amidine groups is 1. The quantitative estimate of drug-likeness (QED) is 0.201. The summed E-state index contributed by atoms with van der Waals surface area (Å²) in [4.78, 5) is 14.0. The third-order valence-corrected chi connectivity index (χ3v) is 3.20. The molecule has 0 radical (unpaired) electrons. The maximum Gasteiger partial charge on any atom is 0.222 e. The molecule has 0 fully saturated rings. The molecule has 0 spiro atoms. The second-order valence-corrected chi connectivity index (χ2v) is 5.74. The van der Waals surface area contributed by atoms with E-state index in [2.05, 4.69) is 25.9 Å². The number of hydrogen-bond donors (Lipinski definition) is 2. The SMILES string of the molecule is CCCCCCCC(=O)N(CCC(N)=NO)CC(C)C. The molecule has 0 saturated carbocycles. The van der Waals surface area contributed by atoms with Crippen LogP contribution < -0.4 is 5.73 Å². The van der Waals surface area contributed by atoms with Crippen molar-refractivity contribution in [1.82, 2.24) is 4.90 Å². The number of nitrogens with two attached hydrogens (primary N) is 1. The van der Waals surface area contributed by atoms with Crippen LogP contribution in [0.5, 0.6) is 0 Å². The lowest BCUT2D eigenvalue weighted by Gasteiger charge is -2.24. The van der Waals surface area contributed by atoms with Crippen molar-refractivity contribution < 1.29 is 10.0 Å². The molecule has 0 unspecified atom stereocenters. The van der Waals surface area contributed by atoms with Crippen LogP contribution in [0.2, 0.25) is 0 Å². The van der Waals surface area contributed by atoms with Gasteiger partial charge in [0.05, 0.1) is 0 Å². The lowest BCUT2D eigenvalue weighted by atomic mass is 10.1. The number of amides is 1. The summed E-state index contributed by atoms with van der Waals surface area (Å²) in [5.74, 6) is 0.779. The first kappa shape index (κ1) is 18.7. The van der Waals surface area contributed by atoms with Gasteiger partial charge in [-0.3, -0.25) is 4.79 Å². The van der Waals surface area contributed by atoms with Crippen LogP contribution in [0.4, 0.5) is 0 Å². The Bertz CT molecular complexity index is 291. The van der Waals surface area contributed by atoms with Crippen LogP contribution >= 0.6 is 0 Å². The monoisotopic (exact) mass is 285 g/mol. The van der Waals surface area contributed by atoms with E-state index >= 15 is 0 Å². The first-order valence-electron chi connectivity index (χ1n) is 7.75. The molecule has 5 heteroatoms. The van der Waals surface area contributed by atoms with E-state index in [4.69, 9.17) is 10.9 Å². The first-order chi connectivity index (χ1) is 9.51. The summed E-state index contributed by atoms with van der Waals surface area (Å²) >= 11 is 0. The van der Waals surface area contributed by atoms with Crippen molar-refractivity contribution >= 4 is 11.7 Å². The summed E-state index contributed by atoms with van der Waals surface area (Å²) in [5.41, 5.74) is 5.47. The minimum Gasteiger partial charge on any atom is -0.409 e. The highest BCUT2D eigenvalue weighted by Crippen LogP contribution is 2.09. The number of nitrogens with zero attached hydrogens (tertiary/aromatic N) is 2. The second kappa shape index (κ2) is 11.6. The highest BCUT2D eigenvalue weighted by atomic mass is 16.4. The molecule has 0 heterocycles. The Morgan fingerprint density at radius 3 is 2.40 bits per heavy atom. The highest BCUT2D eigenvalue weighted by molar-refractivity contribution is 5.81. The average molecular weight is 285 g/mol. The molecule has 0 aromatic rings. The zero-order valence-corrected chi connectivity index (χ0v) is 13.3. The van der Waals surface area contributed by atoms with Gasteiger partial charge in [-0.05, 0) is 12.3 Å². The van der Waals surface area contributed by atoms with E-state index in [0.29, 0.717) is 25.3 Å². The van der Waals surface area contributed by atoms with Gasteiger partial charge in [0.15, 0.2) is 0 Å². The summed E-state index contributed by atoms with van der Waals surface area (Å²) in [5, 5.41) is 11.5. The standard InChI is InChI=1S/C15H31N3O2/c1-4-5-6-7-8-9-15(19)18(12-13(2)3)11-10-14(16)17-20/h13,20H,4-12H2,1-3H3,(H2,16,17). The van der Waals surface area contributed by atoms with Gasteiger partial charge in [0, 0.05) is 25.9 Å². The molecule has 0 aliphatic heterocycles. The third kappa shape index (κ3) is 9.64. The highest BCUT2D eigenvalue weighted by Gasteiger charge is 2.14. The van der Waals surface area contributed by atoms with Crippen LogP contribution in [-0.4, -0.2) is 34.9 Å². The topological polar surface area (TPSA) is 78.9 Å². The van der Waals surface area contributed by atoms with Gasteiger partial charge in [0.25, 0.3) is 0 Å². The Hall–Kier alpha value is -1.26. The fourth-order valence-electron chi connectivity index (χ4n) is 2.10. The van der Waals surface area contributed by atoms with Gasteiger partial charge in [-0.25, -0.2) is 0 Å². The zero-order valence-electron chi connectivity index (χ0n) is 13.3. The minimum atomic E-state index is 0.175. The predicted octanol–water partition coefficient (Wildman–Crippen LogP) is 2.97. The number of oxime groups is 1. The van der Waals surface area contributed by atoms with Crippen LogP contribution in [-0.2, 0) is 4.79 Å². The van der Waals surface area contributed by atoms with Gasteiger partial charge < -0.3 is 15.8 Å². The van der Waals surface area contributed by atoms with E-state index < -0.39 is 0 Å². The summed E-state index contributed by atoms with van der Waals surface area (Å²) < 4.78 is 0. The Morgan fingerprint density at radius 2 is 1.85 bits per heavy atom. The Morgan fingerprint density at radius 1 is 1.20 bits per heavy atom. The summed E-state index contributed by atoms with van der Waals surface area (Å²) in [6.07, 6.45) is 6.77. The molecule has 0 saturated heterocycles. The van der Waals surface area contributed by atoms with E-state index in [9.17, 15) is 4.79 Å². The minimum absolute atomic E-state index is 0.175. The molecule has 5 nitrogen and oxygen atoms in total. The number of hydrogen-bond acceptors (Lipinski definition) is 3.